The Morgan fingerprint density at radius 2 is 2.04 bits per heavy atom. The van der Waals surface area contributed by atoms with Crippen molar-refractivity contribution >= 4 is 21.6 Å². The van der Waals surface area contributed by atoms with Gasteiger partial charge in [-0.15, -0.1) is 0 Å². The van der Waals surface area contributed by atoms with E-state index in [-0.39, 0.29) is 16.9 Å². The van der Waals surface area contributed by atoms with Gasteiger partial charge in [-0.2, -0.15) is 4.31 Å². The van der Waals surface area contributed by atoms with Crippen LogP contribution in [0.2, 0.25) is 0 Å². The number of ether oxygens (including phenoxy) is 1. The van der Waals surface area contributed by atoms with Gasteiger partial charge in [0.1, 0.15) is 5.75 Å². The SMILES string of the molecule is CCn1cnc(S(=O)(=O)N2CCC(C(=O)Nc3cc(C)ccc3OC)CC2)c1. The number of hydrogen-bond acceptors (Lipinski definition) is 5. The summed E-state index contributed by atoms with van der Waals surface area (Å²) in [4.78, 5) is 16.7. The number of rotatable bonds is 6. The Balaban J connectivity index is 1.63. The van der Waals surface area contributed by atoms with Gasteiger partial charge in [0.05, 0.1) is 19.1 Å². The van der Waals surface area contributed by atoms with E-state index in [2.05, 4.69) is 10.3 Å². The number of amides is 1. The first kappa shape index (κ1) is 20.3. The third-order valence-corrected chi connectivity index (χ3v) is 6.80. The second kappa shape index (κ2) is 8.32. The van der Waals surface area contributed by atoms with Crippen LogP contribution in [0, 0.1) is 12.8 Å². The molecule has 2 heterocycles. The van der Waals surface area contributed by atoms with E-state index in [0.29, 0.717) is 43.9 Å². The van der Waals surface area contributed by atoms with Crippen molar-refractivity contribution in [3.8, 4) is 5.75 Å². The van der Waals surface area contributed by atoms with Crippen LogP contribution in [0.4, 0.5) is 5.69 Å². The average molecular weight is 407 g/mol. The number of aryl methyl sites for hydroxylation is 2. The molecule has 0 bridgehead atoms. The van der Waals surface area contributed by atoms with E-state index in [4.69, 9.17) is 4.74 Å². The molecular weight excluding hydrogens is 380 g/mol. The number of methoxy groups -OCH3 is 1. The fourth-order valence-corrected chi connectivity index (χ4v) is 4.70. The molecule has 8 nitrogen and oxygen atoms in total. The number of sulfonamides is 1. The lowest BCUT2D eigenvalue weighted by atomic mass is 9.97. The first-order chi connectivity index (χ1) is 13.3. The van der Waals surface area contributed by atoms with E-state index >= 15 is 0 Å². The van der Waals surface area contributed by atoms with E-state index in [1.54, 1.807) is 11.7 Å². The van der Waals surface area contributed by atoms with Crippen LogP contribution in [0.15, 0.2) is 35.7 Å². The lowest BCUT2D eigenvalue weighted by Crippen LogP contribution is -2.41. The predicted molar refractivity (Wildman–Crippen MR) is 106 cm³/mol. The molecule has 2 aromatic rings. The molecule has 1 amide bonds. The standard InChI is InChI=1S/C19H26N4O4S/c1-4-22-12-18(20-13-22)28(25,26)23-9-7-15(8-10-23)19(24)21-16-11-14(2)5-6-17(16)27-3/h5-6,11-13,15H,4,7-10H2,1-3H3,(H,21,24). The van der Waals surface area contributed by atoms with Crippen LogP contribution in [0.25, 0.3) is 0 Å². The highest BCUT2D eigenvalue weighted by atomic mass is 32.2. The highest BCUT2D eigenvalue weighted by Gasteiger charge is 2.33. The van der Waals surface area contributed by atoms with Crippen LogP contribution in [0.3, 0.4) is 0 Å². The van der Waals surface area contributed by atoms with Crippen molar-refractivity contribution in [2.45, 2.75) is 38.3 Å². The maximum absolute atomic E-state index is 12.7. The quantitative estimate of drug-likeness (QED) is 0.794. The number of anilines is 1. The van der Waals surface area contributed by atoms with Crippen LogP contribution in [0.1, 0.15) is 25.3 Å². The molecule has 0 unspecified atom stereocenters. The van der Waals surface area contributed by atoms with Gasteiger partial charge in [-0.05, 0) is 44.4 Å². The maximum Gasteiger partial charge on any atom is 0.262 e. The Morgan fingerprint density at radius 1 is 1.32 bits per heavy atom. The van der Waals surface area contributed by atoms with Gasteiger partial charge in [0, 0.05) is 31.7 Å². The maximum atomic E-state index is 12.7. The highest BCUT2D eigenvalue weighted by Crippen LogP contribution is 2.28. The van der Waals surface area contributed by atoms with E-state index in [1.165, 1.54) is 16.8 Å². The normalized spacial score (nSPS) is 16.1. The topological polar surface area (TPSA) is 93.5 Å². The Bertz CT molecular complexity index is 947. The molecule has 1 N–H and O–H groups in total. The minimum atomic E-state index is -3.63. The lowest BCUT2D eigenvalue weighted by Gasteiger charge is -2.30. The second-order valence-corrected chi connectivity index (χ2v) is 8.80. The molecule has 0 spiro atoms. The largest absolute Gasteiger partial charge is 0.495 e. The van der Waals surface area contributed by atoms with E-state index in [0.717, 1.165) is 5.56 Å². The molecule has 9 heteroatoms. The molecule has 1 aromatic carbocycles. The number of aromatic nitrogens is 2. The number of carbonyl (C=O) groups excluding carboxylic acids is 1. The monoisotopic (exact) mass is 406 g/mol. The molecule has 152 valence electrons. The molecule has 1 aromatic heterocycles. The predicted octanol–water partition coefficient (Wildman–Crippen LogP) is 2.26. The first-order valence-electron chi connectivity index (χ1n) is 9.32. The third-order valence-electron chi connectivity index (χ3n) is 5.02. The number of hydrogen-bond donors (Lipinski definition) is 1. The van der Waals surface area contributed by atoms with E-state index < -0.39 is 10.0 Å². The Kier molecular flexibility index (Phi) is 6.04. The van der Waals surface area contributed by atoms with Crippen LogP contribution in [-0.2, 0) is 21.4 Å². The van der Waals surface area contributed by atoms with Crippen molar-refractivity contribution < 1.29 is 17.9 Å². The number of carbonyl (C=O) groups is 1. The Hall–Kier alpha value is -2.39. The fourth-order valence-electron chi connectivity index (χ4n) is 3.29. The summed E-state index contributed by atoms with van der Waals surface area (Å²) in [5.74, 6) is 0.242. The van der Waals surface area contributed by atoms with Crippen molar-refractivity contribution in [1.82, 2.24) is 13.9 Å². The summed E-state index contributed by atoms with van der Waals surface area (Å²) in [6.45, 7) is 5.12. The summed E-state index contributed by atoms with van der Waals surface area (Å²) in [6, 6.07) is 5.59. The number of benzene rings is 1. The van der Waals surface area contributed by atoms with Crippen molar-refractivity contribution in [3.05, 3.63) is 36.3 Å². The third kappa shape index (κ3) is 4.20. The average Bonchev–Trinajstić information content (AvgIpc) is 3.18. The van der Waals surface area contributed by atoms with Gasteiger partial charge in [-0.3, -0.25) is 4.79 Å². The fraction of sp³-hybridized carbons (Fsp3) is 0.474. The van der Waals surface area contributed by atoms with Gasteiger partial charge in [-0.1, -0.05) is 6.07 Å². The Labute approximate surface area is 165 Å². The molecule has 1 aliphatic heterocycles. The zero-order valence-corrected chi connectivity index (χ0v) is 17.2. The van der Waals surface area contributed by atoms with Crippen LogP contribution in [0.5, 0.6) is 5.75 Å². The van der Waals surface area contributed by atoms with Crippen molar-refractivity contribution in [3.63, 3.8) is 0 Å². The van der Waals surface area contributed by atoms with Crippen LogP contribution >= 0.6 is 0 Å². The summed E-state index contributed by atoms with van der Waals surface area (Å²) < 4.78 is 33.9. The highest BCUT2D eigenvalue weighted by molar-refractivity contribution is 7.89. The molecule has 1 fully saturated rings. The molecule has 0 atom stereocenters. The smallest absolute Gasteiger partial charge is 0.262 e. The van der Waals surface area contributed by atoms with E-state index in [1.807, 2.05) is 32.0 Å². The summed E-state index contributed by atoms with van der Waals surface area (Å²) in [5.41, 5.74) is 1.65. The number of imidazole rings is 1. The van der Waals surface area contributed by atoms with Crippen molar-refractivity contribution in [2.24, 2.45) is 5.92 Å². The summed E-state index contributed by atoms with van der Waals surface area (Å²) in [6.07, 6.45) is 3.99. The van der Waals surface area contributed by atoms with Gasteiger partial charge in [0.15, 0.2) is 5.03 Å². The minimum Gasteiger partial charge on any atom is -0.495 e. The second-order valence-electron chi connectivity index (χ2n) is 6.91. The summed E-state index contributed by atoms with van der Waals surface area (Å²) >= 11 is 0. The van der Waals surface area contributed by atoms with Crippen molar-refractivity contribution in [1.29, 1.82) is 0 Å². The van der Waals surface area contributed by atoms with Crippen LogP contribution in [-0.4, -0.2) is 48.4 Å². The van der Waals surface area contributed by atoms with Gasteiger partial charge in [0.2, 0.25) is 5.91 Å². The molecule has 0 radical (unpaired) electrons. The van der Waals surface area contributed by atoms with E-state index in [9.17, 15) is 13.2 Å². The Morgan fingerprint density at radius 3 is 2.64 bits per heavy atom. The van der Waals surface area contributed by atoms with Gasteiger partial charge < -0.3 is 14.6 Å². The lowest BCUT2D eigenvalue weighted by molar-refractivity contribution is -0.120. The zero-order valence-electron chi connectivity index (χ0n) is 16.4. The molecule has 1 aliphatic rings. The molecule has 0 aliphatic carbocycles. The zero-order chi connectivity index (χ0) is 20.3. The molecule has 0 saturated carbocycles. The molecule has 1 saturated heterocycles. The van der Waals surface area contributed by atoms with Crippen LogP contribution < -0.4 is 10.1 Å². The number of nitrogens with one attached hydrogen (secondary N) is 1. The molecular formula is C19H26N4O4S. The first-order valence-corrected chi connectivity index (χ1v) is 10.8. The minimum absolute atomic E-state index is 0.0572. The van der Waals surface area contributed by atoms with Gasteiger partial charge in [-0.25, -0.2) is 13.4 Å². The van der Waals surface area contributed by atoms with Gasteiger partial charge >= 0.3 is 0 Å². The molecule has 3 rings (SSSR count). The summed E-state index contributed by atoms with van der Waals surface area (Å²) in [7, 11) is -2.07. The molecule has 28 heavy (non-hydrogen) atoms. The van der Waals surface area contributed by atoms with Gasteiger partial charge in [0.25, 0.3) is 10.0 Å². The number of nitrogens with zero attached hydrogens (tertiary/aromatic N) is 3. The number of piperidine rings is 1. The summed E-state index contributed by atoms with van der Waals surface area (Å²) in [5, 5.41) is 2.98. The van der Waals surface area contributed by atoms with Crippen molar-refractivity contribution in [2.75, 3.05) is 25.5 Å².